The number of rotatable bonds is 9. The number of amides is 1. The summed E-state index contributed by atoms with van der Waals surface area (Å²) in [5.41, 5.74) is 1.66. The zero-order valence-electron chi connectivity index (χ0n) is 16.8. The Bertz CT molecular complexity index is 896. The quantitative estimate of drug-likeness (QED) is 0.650. The van der Waals surface area contributed by atoms with Gasteiger partial charge in [-0.2, -0.15) is 0 Å². The summed E-state index contributed by atoms with van der Waals surface area (Å²) in [7, 11) is -2.21. The molecular formula is C21H28N2O4S. The zero-order chi connectivity index (χ0) is 20.7. The third-order valence-electron chi connectivity index (χ3n) is 4.27. The Labute approximate surface area is 167 Å². The van der Waals surface area contributed by atoms with Crippen LogP contribution < -0.4 is 9.62 Å². The van der Waals surface area contributed by atoms with Crippen LogP contribution in [0.5, 0.6) is 0 Å². The van der Waals surface area contributed by atoms with Crippen molar-refractivity contribution < 1.29 is 17.9 Å². The number of benzene rings is 2. The van der Waals surface area contributed by atoms with Crippen molar-refractivity contribution in [3.05, 3.63) is 59.7 Å². The molecule has 0 bridgehead atoms. The van der Waals surface area contributed by atoms with Crippen LogP contribution in [0.2, 0.25) is 0 Å². The number of sulfonamides is 1. The molecule has 0 fully saturated rings. The van der Waals surface area contributed by atoms with Crippen molar-refractivity contribution in [2.45, 2.75) is 38.2 Å². The van der Waals surface area contributed by atoms with Crippen LogP contribution in [0.3, 0.4) is 0 Å². The molecule has 28 heavy (non-hydrogen) atoms. The molecule has 2 rings (SSSR count). The molecule has 0 saturated heterocycles. The molecule has 0 aliphatic heterocycles. The molecule has 0 aliphatic carbocycles. The summed E-state index contributed by atoms with van der Waals surface area (Å²) in [6.07, 6.45) is 0.878. The van der Waals surface area contributed by atoms with E-state index in [9.17, 15) is 13.2 Å². The van der Waals surface area contributed by atoms with Crippen LogP contribution in [0.4, 0.5) is 5.69 Å². The Morgan fingerprint density at radius 1 is 1.14 bits per heavy atom. The summed E-state index contributed by atoms with van der Waals surface area (Å²) in [6.45, 7) is 6.82. The number of ether oxygens (including phenoxy) is 1. The average Bonchev–Trinajstić information content (AvgIpc) is 2.67. The fraction of sp³-hybridized carbons (Fsp3) is 0.381. The Morgan fingerprint density at radius 2 is 1.82 bits per heavy atom. The minimum absolute atomic E-state index is 0.164. The first-order valence-corrected chi connectivity index (χ1v) is 10.7. The summed E-state index contributed by atoms with van der Waals surface area (Å²) >= 11 is 0. The maximum absolute atomic E-state index is 12.9. The van der Waals surface area contributed by atoms with Crippen LogP contribution in [-0.2, 0) is 14.8 Å². The van der Waals surface area contributed by atoms with E-state index in [0.29, 0.717) is 30.8 Å². The van der Waals surface area contributed by atoms with E-state index in [1.807, 2.05) is 20.8 Å². The maximum Gasteiger partial charge on any atom is 0.264 e. The van der Waals surface area contributed by atoms with E-state index in [4.69, 9.17) is 4.74 Å². The lowest BCUT2D eigenvalue weighted by Gasteiger charge is -2.22. The largest absolute Gasteiger partial charge is 0.379 e. The molecule has 2 aromatic rings. The lowest BCUT2D eigenvalue weighted by molar-refractivity contribution is 0.0757. The number of aryl methyl sites for hydroxylation is 1. The van der Waals surface area contributed by atoms with Gasteiger partial charge in [-0.15, -0.1) is 0 Å². The zero-order valence-corrected chi connectivity index (χ0v) is 17.6. The SMILES string of the molecule is Cc1ccc(C(=O)NCCCOC(C)C)cc1N(C)S(=O)(=O)c1ccccc1. The molecule has 0 saturated carbocycles. The molecule has 1 amide bonds. The highest BCUT2D eigenvalue weighted by Gasteiger charge is 2.23. The van der Waals surface area contributed by atoms with Crippen molar-refractivity contribution in [1.29, 1.82) is 0 Å². The molecule has 0 unspecified atom stereocenters. The van der Waals surface area contributed by atoms with Crippen molar-refractivity contribution in [2.75, 3.05) is 24.5 Å². The molecule has 0 spiro atoms. The topological polar surface area (TPSA) is 75.7 Å². The second kappa shape index (κ2) is 9.71. The molecule has 0 aliphatic rings. The van der Waals surface area contributed by atoms with Crippen molar-refractivity contribution in [2.24, 2.45) is 0 Å². The van der Waals surface area contributed by atoms with Crippen molar-refractivity contribution >= 4 is 21.6 Å². The maximum atomic E-state index is 12.9. The highest BCUT2D eigenvalue weighted by atomic mass is 32.2. The molecular weight excluding hydrogens is 376 g/mol. The van der Waals surface area contributed by atoms with Crippen LogP contribution in [0.25, 0.3) is 0 Å². The summed E-state index contributed by atoms with van der Waals surface area (Å²) in [4.78, 5) is 12.6. The molecule has 0 radical (unpaired) electrons. The summed E-state index contributed by atoms with van der Waals surface area (Å²) in [6, 6.07) is 13.3. The normalized spacial score (nSPS) is 11.5. The van der Waals surface area contributed by atoms with Gasteiger partial charge >= 0.3 is 0 Å². The van der Waals surface area contributed by atoms with Gasteiger partial charge in [0.25, 0.3) is 15.9 Å². The minimum atomic E-state index is -3.70. The minimum Gasteiger partial charge on any atom is -0.379 e. The molecule has 0 atom stereocenters. The van der Waals surface area contributed by atoms with E-state index < -0.39 is 10.0 Å². The third-order valence-corrected chi connectivity index (χ3v) is 6.06. The van der Waals surface area contributed by atoms with E-state index in [1.54, 1.807) is 48.5 Å². The molecule has 6 nitrogen and oxygen atoms in total. The summed E-state index contributed by atoms with van der Waals surface area (Å²) in [5, 5.41) is 2.84. The lowest BCUT2D eigenvalue weighted by Crippen LogP contribution is -2.29. The van der Waals surface area contributed by atoms with Gasteiger partial charge in [-0.3, -0.25) is 9.10 Å². The van der Waals surface area contributed by atoms with Gasteiger partial charge in [0.05, 0.1) is 16.7 Å². The predicted octanol–water partition coefficient (Wildman–Crippen LogP) is 3.37. The van der Waals surface area contributed by atoms with Gasteiger partial charge in [-0.25, -0.2) is 8.42 Å². The first-order valence-electron chi connectivity index (χ1n) is 9.28. The van der Waals surface area contributed by atoms with Crippen LogP contribution in [0, 0.1) is 6.92 Å². The number of nitrogens with one attached hydrogen (secondary N) is 1. The van der Waals surface area contributed by atoms with Gasteiger partial charge in [0.1, 0.15) is 0 Å². The molecule has 7 heteroatoms. The Morgan fingerprint density at radius 3 is 2.46 bits per heavy atom. The van der Waals surface area contributed by atoms with Crippen molar-refractivity contribution in [3.63, 3.8) is 0 Å². The Hall–Kier alpha value is -2.38. The highest BCUT2D eigenvalue weighted by Crippen LogP contribution is 2.26. The molecule has 0 heterocycles. The number of carbonyl (C=O) groups excluding carboxylic acids is 1. The number of hydrogen-bond donors (Lipinski definition) is 1. The first-order chi connectivity index (χ1) is 13.2. The number of hydrogen-bond acceptors (Lipinski definition) is 4. The molecule has 2 aromatic carbocycles. The van der Waals surface area contributed by atoms with E-state index in [2.05, 4.69) is 5.32 Å². The van der Waals surface area contributed by atoms with Crippen LogP contribution in [-0.4, -0.2) is 40.6 Å². The van der Waals surface area contributed by atoms with E-state index in [0.717, 1.165) is 5.56 Å². The van der Waals surface area contributed by atoms with E-state index >= 15 is 0 Å². The van der Waals surface area contributed by atoms with Gasteiger partial charge in [-0.1, -0.05) is 24.3 Å². The monoisotopic (exact) mass is 404 g/mol. The number of carbonyl (C=O) groups is 1. The summed E-state index contributed by atoms with van der Waals surface area (Å²) < 4.78 is 32.4. The van der Waals surface area contributed by atoms with Gasteiger partial charge in [-0.05, 0) is 57.0 Å². The highest BCUT2D eigenvalue weighted by molar-refractivity contribution is 7.92. The van der Waals surface area contributed by atoms with Crippen LogP contribution in [0.15, 0.2) is 53.4 Å². The van der Waals surface area contributed by atoms with Crippen LogP contribution >= 0.6 is 0 Å². The fourth-order valence-electron chi connectivity index (χ4n) is 2.67. The standard InChI is InChI=1S/C21H28N2O4S/c1-16(2)27-14-8-13-22-21(24)18-12-11-17(3)20(15-18)23(4)28(25,26)19-9-6-5-7-10-19/h5-7,9-12,15-16H,8,13-14H2,1-4H3,(H,22,24). The molecule has 0 aromatic heterocycles. The first kappa shape index (κ1) is 21.9. The predicted molar refractivity (Wildman–Crippen MR) is 111 cm³/mol. The number of nitrogens with zero attached hydrogens (tertiary/aromatic N) is 1. The molecule has 152 valence electrons. The average molecular weight is 405 g/mol. The Kier molecular flexibility index (Phi) is 7.60. The number of anilines is 1. The van der Waals surface area contributed by atoms with Crippen molar-refractivity contribution in [3.8, 4) is 0 Å². The van der Waals surface area contributed by atoms with Gasteiger partial charge < -0.3 is 10.1 Å². The van der Waals surface area contributed by atoms with E-state index in [-0.39, 0.29) is 16.9 Å². The van der Waals surface area contributed by atoms with Gasteiger partial charge in [0, 0.05) is 25.8 Å². The van der Waals surface area contributed by atoms with Crippen LogP contribution in [0.1, 0.15) is 36.2 Å². The third kappa shape index (κ3) is 5.56. The van der Waals surface area contributed by atoms with Gasteiger partial charge in [0.2, 0.25) is 0 Å². The van der Waals surface area contributed by atoms with Crippen molar-refractivity contribution in [1.82, 2.24) is 5.32 Å². The fourth-order valence-corrected chi connectivity index (χ4v) is 3.94. The smallest absolute Gasteiger partial charge is 0.264 e. The summed E-state index contributed by atoms with van der Waals surface area (Å²) in [5.74, 6) is -0.240. The van der Waals surface area contributed by atoms with E-state index in [1.165, 1.54) is 11.4 Å². The Balaban J connectivity index is 2.13. The lowest BCUT2D eigenvalue weighted by atomic mass is 10.1. The van der Waals surface area contributed by atoms with Gasteiger partial charge in [0.15, 0.2) is 0 Å². The molecule has 1 N–H and O–H groups in total. The second-order valence-electron chi connectivity index (χ2n) is 6.82. The second-order valence-corrected chi connectivity index (χ2v) is 8.79.